The molecule has 0 spiro atoms. The normalized spacial score (nSPS) is 11.5. The molecule has 2 rings (SSSR count). The number of halogens is 1. The van der Waals surface area contributed by atoms with Crippen molar-refractivity contribution in [2.24, 2.45) is 0 Å². The first kappa shape index (κ1) is 14.7. The Kier molecular flexibility index (Phi) is 4.68. The van der Waals surface area contributed by atoms with Gasteiger partial charge in [0.15, 0.2) is 5.78 Å². The van der Waals surface area contributed by atoms with Crippen LogP contribution >= 0.6 is 0 Å². The van der Waals surface area contributed by atoms with Gasteiger partial charge in [-0.05, 0) is 29.8 Å². The van der Waals surface area contributed by atoms with Crippen LogP contribution in [0.1, 0.15) is 28.3 Å². The minimum Gasteiger partial charge on any atom is -0.497 e. The summed E-state index contributed by atoms with van der Waals surface area (Å²) in [5.74, 6) is -0.514. The highest BCUT2D eigenvalue weighted by atomic mass is 19.1. The molecule has 0 aromatic heterocycles. The van der Waals surface area contributed by atoms with Crippen LogP contribution in [0.2, 0.25) is 0 Å². The van der Waals surface area contributed by atoms with Gasteiger partial charge in [-0.15, -0.1) is 0 Å². The Balaban J connectivity index is 2.16. The van der Waals surface area contributed by atoms with E-state index in [1.807, 2.05) is 0 Å². The zero-order valence-corrected chi connectivity index (χ0v) is 11.5. The zero-order valence-electron chi connectivity index (χ0n) is 11.5. The van der Waals surface area contributed by atoms with Crippen LogP contribution < -0.4 is 4.74 Å². The van der Waals surface area contributed by atoms with Crippen LogP contribution in [0.25, 0.3) is 0 Å². The number of carbonyl (C=O) groups is 1. The van der Waals surface area contributed by atoms with Gasteiger partial charge in [-0.25, -0.2) is 4.39 Å². The highest BCUT2D eigenvalue weighted by Gasteiger charge is 2.17. The van der Waals surface area contributed by atoms with E-state index >= 15 is 0 Å². The number of ketones is 1. The summed E-state index contributed by atoms with van der Waals surface area (Å²) in [5.41, 5.74) is 1.13. The highest BCUT2D eigenvalue weighted by Crippen LogP contribution is 2.23. The molecule has 4 heteroatoms. The molecule has 0 amide bonds. The van der Waals surface area contributed by atoms with E-state index < -0.39 is 5.92 Å². The van der Waals surface area contributed by atoms with Crippen molar-refractivity contribution in [1.29, 1.82) is 5.26 Å². The summed E-state index contributed by atoms with van der Waals surface area (Å²) in [5, 5.41) is 9.22. The van der Waals surface area contributed by atoms with E-state index in [0.717, 1.165) is 0 Å². The van der Waals surface area contributed by atoms with E-state index in [4.69, 9.17) is 4.74 Å². The molecule has 0 saturated heterocycles. The third-order valence-electron chi connectivity index (χ3n) is 3.21. The molecule has 0 aliphatic heterocycles. The number of methoxy groups -OCH3 is 1. The van der Waals surface area contributed by atoms with Gasteiger partial charge in [-0.3, -0.25) is 4.79 Å². The number of carbonyl (C=O) groups excluding carboxylic acids is 1. The van der Waals surface area contributed by atoms with Gasteiger partial charge in [0, 0.05) is 12.0 Å². The zero-order chi connectivity index (χ0) is 15.2. The molecule has 1 atom stereocenters. The van der Waals surface area contributed by atoms with Crippen molar-refractivity contribution < 1.29 is 13.9 Å². The topological polar surface area (TPSA) is 50.1 Å². The molecular weight excluding hydrogens is 269 g/mol. The quantitative estimate of drug-likeness (QED) is 0.786. The number of Topliss-reactive ketones (excluding diaryl/α,β-unsaturated/α-hetero) is 1. The van der Waals surface area contributed by atoms with Crippen molar-refractivity contribution in [3.05, 3.63) is 65.5 Å². The Morgan fingerprint density at radius 2 is 2.00 bits per heavy atom. The summed E-state index contributed by atoms with van der Waals surface area (Å²) >= 11 is 0. The first-order chi connectivity index (χ1) is 10.1. The number of nitrogens with zero attached hydrogens (tertiary/aromatic N) is 1. The summed E-state index contributed by atoms with van der Waals surface area (Å²) < 4.78 is 18.0. The second kappa shape index (κ2) is 6.67. The number of hydrogen-bond acceptors (Lipinski definition) is 3. The Morgan fingerprint density at radius 1 is 1.29 bits per heavy atom. The van der Waals surface area contributed by atoms with Crippen LogP contribution in [0.15, 0.2) is 48.5 Å². The van der Waals surface area contributed by atoms with Gasteiger partial charge in [0.2, 0.25) is 0 Å². The molecule has 21 heavy (non-hydrogen) atoms. The van der Waals surface area contributed by atoms with E-state index in [1.165, 1.54) is 31.4 Å². The monoisotopic (exact) mass is 283 g/mol. The number of hydrogen-bond donors (Lipinski definition) is 0. The lowest BCUT2D eigenvalue weighted by Crippen LogP contribution is -2.06. The second-order valence-corrected chi connectivity index (χ2v) is 4.59. The van der Waals surface area contributed by atoms with E-state index in [0.29, 0.717) is 16.9 Å². The minimum absolute atomic E-state index is 0.0509. The van der Waals surface area contributed by atoms with Crippen molar-refractivity contribution in [2.75, 3.05) is 7.11 Å². The van der Waals surface area contributed by atoms with Crippen LogP contribution in [0.3, 0.4) is 0 Å². The predicted octanol–water partition coefficient (Wildman–Crippen LogP) is 3.71. The first-order valence-electron chi connectivity index (χ1n) is 6.46. The van der Waals surface area contributed by atoms with E-state index in [2.05, 4.69) is 6.07 Å². The molecule has 0 saturated carbocycles. The van der Waals surface area contributed by atoms with Crippen LogP contribution in [-0.4, -0.2) is 12.9 Å². The van der Waals surface area contributed by atoms with E-state index in [-0.39, 0.29) is 18.0 Å². The average molecular weight is 283 g/mol. The van der Waals surface area contributed by atoms with Crippen molar-refractivity contribution in [1.82, 2.24) is 0 Å². The third-order valence-corrected chi connectivity index (χ3v) is 3.21. The molecule has 0 radical (unpaired) electrons. The van der Waals surface area contributed by atoms with Gasteiger partial charge in [-0.2, -0.15) is 5.26 Å². The molecule has 0 N–H and O–H groups in total. The van der Waals surface area contributed by atoms with Gasteiger partial charge in [0.05, 0.1) is 19.1 Å². The predicted molar refractivity (Wildman–Crippen MR) is 76.7 cm³/mol. The van der Waals surface area contributed by atoms with Gasteiger partial charge in [0.25, 0.3) is 0 Å². The van der Waals surface area contributed by atoms with Gasteiger partial charge < -0.3 is 4.74 Å². The fourth-order valence-corrected chi connectivity index (χ4v) is 2.03. The molecule has 0 unspecified atom stereocenters. The van der Waals surface area contributed by atoms with Crippen molar-refractivity contribution in [3.63, 3.8) is 0 Å². The van der Waals surface area contributed by atoms with E-state index in [1.54, 1.807) is 24.3 Å². The largest absolute Gasteiger partial charge is 0.497 e. The maximum Gasteiger partial charge on any atom is 0.164 e. The highest BCUT2D eigenvalue weighted by molar-refractivity contribution is 5.97. The fraction of sp³-hybridized carbons (Fsp3) is 0.176. The maximum atomic E-state index is 12.9. The van der Waals surface area contributed by atoms with Crippen LogP contribution in [-0.2, 0) is 0 Å². The molecule has 2 aromatic carbocycles. The maximum absolute atomic E-state index is 12.9. The second-order valence-electron chi connectivity index (χ2n) is 4.59. The molecule has 0 aliphatic rings. The van der Waals surface area contributed by atoms with Gasteiger partial charge in [0.1, 0.15) is 11.6 Å². The number of nitriles is 1. The Hall–Kier alpha value is -2.67. The van der Waals surface area contributed by atoms with E-state index in [9.17, 15) is 14.4 Å². The SMILES string of the molecule is COc1cccc(C(=O)C[C@H](C#N)c2ccc(F)cc2)c1. The lowest BCUT2D eigenvalue weighted by molar-refractivity contribution is 0.0978. The molecule has 3 nitrogen and oxygen atoms in total. The van der Waals surface area contributed by atoms with Crippen LogP contribution in [0.4, 0.5) is 4.39 Å². The standard InChI is InChI=1S/C17H14FNO2/c1-21-16-4-2-3-13(9-16)17(20)10-14(11-19)12-5-7-15(18)8-6-12/h2-9,14H,10H2,1H3/t14-/m1/s1. The van der Waals surface area contributed by atoms with Crippen molar-refractivity contribution in [3.8, 4) is 11.8 Å². The lowest BCUT2D eigenvalue weighted by Gasteiger charge is -2.09. The minimum atomic E-state index is -0.593. The fourth-order valence-electron chi connectivity index (χ4n) is 2.03. The Labute approximate surface area is 122 Å². The molecule has 0 heterocycles. The van der Waals surface area contributed by atoms with Gasteiger partial charge in [-0.1, -0.05) is 24.3 Å². The molecule has 0 bridgehead atoms. The van der Waals surface area contributed by atoms with Crippen LogP contribution in [0.5, 0.6) is 5.75 Å². The van der Waals surface area contributed by atoms with Crippen LogP contribution in [0, 0.1) is 17.1 Å². The summed E-state index contributed by atoms with van der Waals surface area (Å²) in [6.45, 7) is 0. The molecule has 0 aliphatic carbocycles. The van der Waals surface area contributed by atoms with Crippen molar-refractivity contribution >= 4 is 5.78 Å². The van der Waals surface area contributed by atoms with Crippen molar-refractivity contribution in [2.45, 2.75) is 12.3 Å². The number of ether oxygens (including phenoxy) is 1. The number of benzene rings is 2. The third kappa shape index (κ3) is 3.67. The summed E-state index contributed by atoms with van der Waals surface area (Å²) in [6, 6.07) is 14.5. The summed E-state index contributed by atoms with van der Waals surface area (Å²) in [4.78, 5) is 12.2. The lowest BCUT2D eigenvalue weighted by atomic mass is 9.93. The smallest absolute Gasteiger partial charge is 0.164 e. The molecular formula is C17H14FNO2. The Morgan fingerprint density at radius 3 is 2.62 bits per heavy atom. The molecule has 106 valence electrons. The average Bonchev–Trinajstić information content (AvgIpc) is 2.53. The number of rotatable bonds is 5. The summed E-state index contributed by atoms with van der Waals surface area (Å²) in [7, 11) is 1.53. The molecule has 2 aromatic rings. The molecule has 0 fully saturated rings. The van der Waals surface area contributed by atoms with Gasteiger partial charge >= 0.3 is 0 Å². The summed E-state index contributed by atoms with van der Waals surface area (Å²) in [6.07, 6.45) is 0.0509. The Bertz CT molecular complexity index is 674. The first-order valence-corrected chi connectivity index (χ1v) is 6.46.